The van der Waals surface area contributed by atoms with Crippen molar-refractivity contribution in [2.75, 3.05) is 37.7 Å². The first-order chi connectivity index (χ1) is 16.2. The molecule has 172 valence electrons. The van der Waals surface area contributed by atoms with Crippen molar-refractivity contribution in [1.82, 2.24) is 24.4 Å². The summed E-state index contributed by atoms with van der Waals surface area (Å²) in [7, 11) is 1.76. The normalized spacial score (nSPS) is 19.5. The van der Waals surface area contributed by atoms with Crippen molar-refractivity contribution in [3.8, 4) is 11.4 Å². The lowest BCUT2D eigenvalue weighted by atomic mass is 10.0. The third kappa shape index (κ3) is 4.96. The van der Waals surface area contributed by atoms with E-state index >= 15 is 0 Å². The van der Waals surface area contributed by atoms with Crippen LogP contribution in [0.25, 0.3) is 11.4 Å². The lowest BCUT2D eigenvalue weighted by molar-refractivity contribution is 0.0389. The maximum absolute atomic E-state index is 12.7. The standard InChI is InChI=1S/C25H30N6O2/c1-29-24(32)15-22(21-8-9-26-18-27-21)28-25(29)31-12-13-33-23(17-31)20-7-5-6-19(14-20)16-30-10-3-2-4-11-30/h5-9,14-15,18,23H,2-4,10-13,16-17H2,1H3. The molecule has 2 fully saturated rings. The summed E-state index contributed by atoms with van der Waals surface area (Å²) >= 11 is 0. The molecule has 33 heavy (non-hydrogen) atoms. The molecular weight excluding hydrogens is 416 g/mol. The van der Waals surface area contributed by atoms with Gasteiger partial charge in [0.2, 0.25) is 5.95 Å². The van der Waals surface area contributed by atoms with Gasteiger partial charge in [-0.2, -0.15) is 0 Å². The van der Waals surface area contributed by atoms with Crippen LogP contribution in [0.1, 0.15) is 36.5 Å². The molecule has 8 nitrogen and oxygen atoms in total. The van der Waals surface area contributed by atoms with Crippen LogP contribution in [0.5, 0.6) is 0 Å². The lowest BCUT2D eigenvalue weighted by Gasteiger charge is -2.35. The van der Waals surface area contributed by atoms with E-state index in [0.29, 0.717) is 37.0 Å². The second-order valence-corrected chi connectivity index (χ2v) is 8.82. The van der Waals surface area contributed by atoms with Crippen LogP contribution in [0, 0.1) is 0 Å². The second kappa shape index (κ2) is 9.80. The minimum atomic E-state index is -0.111. The fourth-order valence-corrected chi connectivity index (χ4v) is 4.68. The summed E-state index contributed by atoms with van der Waals surface area (Å²) in [5.74, 6) is 0.633. The number of rotatable bonds is 5. The Morgan fingerprint density at radius 3 is 2.76 bits per heavy atom. The zero-order valence-electron chi connectivity index (χ0n) is 19.1. The number of ether oxygens (including phenoxy) is 1. The van der Waals surface area contributed by atoms with Crippen LogP contribution in [0.15, 0.2) is 53.7 Å². The van der Waals surface area contributed by atoms with Gasteiger partial charge in [-0.1, -0.05) is 30.7 Å². The summed E-state index contributed by atoms with van der Waals surface area (Å²) < 4.78 is 7.75. The summed E-state index contributed by atoms with van der Waals surface area (Å²) in [4.78, 5) is 30.4. The van der Waals surface area contributed by atoms with E-state index in [-0.39, 0.29) is 11.7 Å². The van der Waals surface area contributed by atoms with E-state index in [4.69, 9.17) is 9.72 Å². The van der Waals surface area contributed by atoms with Crippen molar-refractivity contribution >= 4 is 5.95 Å². The Morgan fingerprint density at radius 2 is 1.94 bits per heavy atom. The molecule has 1 unspecified atom stereocenters. The molecule has 0 saturated carbocycles. The van der Waals surface area contributed by atoms with E-state index in [1.54, 1.807) is 23.9 Å². The van der Waals surface area contributed by atoms with Crippen molar-refractivity contribution in [3.63, 3.8) is 0 Å². The van der Waals surface area contributed by atoms with Gasteiger partial charge in [0, 0.05) is 32.4 Å². The van der Waals surface area contributed by atoms with E-state index in [2.05, 4.69) is 44.0 Å². The summed E-state index contributed by atoms with van der Waals surface area (Å²) in [6, 6.07) is 12.0. The monoisotopic (exact) mass is 446 g/mol. The van der Waals surface area contributed by atoms with Gasteiger partial charge in [0.1, 0.15) is 12.4 Å². The van der Waals surface area contributed by atoms with Crippen molar-refractivity contribution in [2.45, 2.75) is 31.9 Å². The number of morpholine rings is 1. The van der Waals surface area contributed by atoms with E-state index in [1.807, 2.05) is 0 Å². The van der Waals surface area contributed by atoms with Crippen LogP contribution in [-0.2, 0) is 18.3 Å². The smallest absolute Gasteiger partial charge is 0.255 e. The summed E-state index contributed by atoms with van der Waals surface area (Å²) in [6.07, 6.45) is 6.98. The summed E-state index contributed by atoms with van der Waals surface area (Å²) in [5.41, 5.74) is 3.58. The molecule has 2 saturated heterocycles. The molecule has 3 aromatic rings. The lowest BCUT2D eigenvalue weighted by Crippen LogP contribution is -2.41. The van der Waals surface area contributed by atoms with Crippen molar-refractivity contribution < 1.29 is 4.74 Å². The van der Waals surface area contributed by atoms with Crippen LogP contribution < -0.4 is 10.5 Å². The third-order valence-electron chi connectivity index (χ3n) is 6.48. The zero-order chi connectivity index (χ0) is 22.6. The Hall–Kier alpha value is -3.10. The average molecular weight is 447 g/mol. The number of aromatic nitrogens is 4. The third-order valence-corrected chi connectivity index (χ3v) is 6.48. The maximum Gasteiger partial charge on any atom is 0.255 e. The Balaban J connectivity index is 1.37. The molecule has 4 heterocycles. The summed E-state index contributed by atoms with van der Waals surface area (Å²) in [6.45, 7) is 5.24. The largest absolute Gasteiger partial charge is 0.370 e. The van der Waals surface area contributed by atoms with E-state index in [9.17, 15) is 4.79 Å². The number of benzene rings is 1. The molecule has 0 spiro atoms. The molecule has 0 aliphatic carbocycles. The van der Waals surface area contributed by atoms with Gasteiger partial charge >= 0.3 is 0 Å². The minimum Gasteiger partial charge on any atom is -0.370 e. The highest BCUT2D eigenvalue weighted by atomic mass is 16.5. The Labute approximate surface area is 193 Å². The van der Waals surface area contributed by atoms with Gasteiger partial charge in [0.15, 0.2) is 0 Å². The highest BCUT2D eigenvalue weighted by Crippen LogP contribution is 2.27. The average Bonchev–Trinajstić information content (AvgIpc) is 2.87. The second-order valence-electron chi connectivity index (χ2n) is 8.82. The number of piperidine rings is 1. The van der Waals surface area contributed by atoms with Gasteiger partial charge in [-0.15, -0.1) is 0 Å². The van der Waals surface area contributed by atoms with Gasteiger partial charge in [0.25, 0.3) is 5.56 Å². The Kier molecular flexibility index (Phi) is 6.46. The first kappa shape index (κ1) is 21.7. The van der Waals surface area contributed by atoms with Gasteiger partial charge in [-0.05, 0) is 43.1 Å². The minimum absolute atomic E-state index is 0.0698. The Morgan fingerprint density at radius 1 is 1.06 bits per heavy atom. The number of nitrogens with zero attached hydrogens (tertiary/aromatic N) is 6. The van der Waals surface area contributed by atoms with Crippen molar-refractivity contribution in [1.29, 1.82) is 0 Å². The molecule has 0 N–H and O–H groups in total. The molecule has 2 aliphatic heterocycles. The maximum atomic E-state index is 12.7. The predicted octanol–water partition coefficient (Wildman–Crippen LogP) is 2.80. The molecule has 2 aliphatic rings. The Bertz CT molecular complexity index is 1140. The zero-order valence-corrected chi connectivity index (χ0v) is 19.1. The molecule has 8 heteroatoms. The van der Waals surface area contributed by atoms with Crippen molar-refractivity contribution in [2.24, 2.45) is 7.05 Å². The number of hydrogen-bond acceptors (Lipinski definition) is 7. The van der Waals surface area contributed by atoms with E-state index in [1.165, 1.54) is 55.9 Å². The molecule has 0 bridgehead atoms. The molecule has 1 atom stereocenters. The first-order valence-electron chi connectivity index (χ1n) is 11.7. The van der Waals surface area contributed by atoms with Crippen LogP contribution in [0.2, 0.25) is 0 Å². The first-order valence-corrected chi connectivity index (χ1v) is 11.7. The highest BCUT2D eigenvalue weighted by molar-refractivity contribution is 5.55. The van der Waals surface area contributed by atoms with Crippen LogP contribution >= 0.6 is 0 Å². The molecule has 0 amide bonds. The topological polar surface area (TPSA) is 76.4 Å². The van der Waals surface area contributed by atoms with Gasteiger partial charge in [0.05, 0.1) is 24.5 Å². The van der Waals surface area contributed by atoms with Gasteiger partial charge in [-0.25, -0.2) is 15.0 Å². The molecule has 2 aromatic heterocycles. The van der Waals surface area contributed by atoms with Crippen LogP contribution in [0.4, 0.5) is 5.95 Å². The predicted molar refractivity (Wildman–Crippen MR) is 127 cm³/mol. The van der Waals surface area contributed by atoms with Gasteiger partial charge in [-0.3, -0.25) is 14.3 Å². The van der Waals surface area contributed by atoms with E-state index < -0.39 is 0 Å². The molecular formula is C25H30N6O2. The molecule has 1 aromatic carbocycles. The van der Waals surface area contributed by atoms with Gasteiger partial charge < -0.3 is 9.64 Å². The fourth-order valence-electron chi connectivity index (χ4n) is 4.68. The number of likely N-dealkylation sites (tertiary alicyclic amines) is 1. The number of anilines is 1. The quantitative estimate of drug-likeness (QED) is 0.596. The van der Waals surface area contributed by atoms with E-state index in [0.717, 1.165) is 6.54 Å². The highest BCUT2D eigenvalue weighted by Gasteiger charge is 2.25. The SMILES string of the molecule is Cn1c(N2CCOC(c3cccc(CN4CCCCC4)c3)C2)nc(-c2ccncn2)cc1=O. The molecule has 5 rings (SSSR count). The number of hydrogen-bond donors (Lipinski definition) is 0. The molecule has 0 radical (unpaired) electrons. The fraction of sp³-hybridized carbons (Fsp3) is 0.440. The van der Waals surface area contributed by atoms with Crippen molar-refractivity contribution in [3.05, 3.63) is 70.4 Å². The van der Waals surface area contributed by atoms with Crippen LogP contribution in [-0.4, -0.2) is 57.2 Å². The summed E-state index contributed by atoms with van der Waals surface area (Å²) in [5, 5.41) is 0. The van der Waals surface area contributed by atoms with Crippen LogP contribution in [0.3, 0.4) is 0 Å².